The van der Waals surface area contributed by atoms with Gasteiger partial charge < -0.3 is 0 Å². The largest absolute Gasteiger partial charge is 0.288 e. The molecular formula is C16H13ClF2O. The van der Waals surface area contributed by atoms with Crippen molar-refractivity contribution in [2.45, 2.75) is 20.8 Å². The van der Waals surface area contributed by atoms with Gasteiger partial charge in [-0.2, -0.15) is 0 Å². The summed E-state index contributed by atoms with van der Waals surface area (Å²) in [5, 5.41) is -0.337. The topological polar surface area (TPSA) is 17.1 Å². The number of benzene rings is 2. The number of carbonyl (C=O) groups is 1. The molecule has 0 atom stereocenters. The maximum absolute atomic E-state index is 13.8. The van der Waals surface area contributed by atoms with Crippen molar-refractivity contribution >= 4 is 17.4 Å². The molecule has 2 aromatic carbocycles. The molecule has 2 rings (SSSR count). The summed E-state index contributed by atoms with van der Waals surface area (Å²) >= 11 is 5.49. The summed E-state index contributed by atoms with van der Waals surface area (Å²) in [7, 11) is 0. The van der Waals surface area contributed by atoms with Crippen LogP contribution < -0.4 is 0 Å². The first-order valence-electron chi connectivity index (χ1n) is 6.08. The summed E-state index contributed by atoms with van der Waals surface area (Å²) in [6.07, 6.45) is 0. The van der Waals surface area contributed by atoms with E-state index in [0.717, 1.165) is 28.8 Å². The molecule has 0 aliphatic heterocycles. The standard InChI is InChI=1S/C16H13ClF2O/c1-8-4-10(3)11(5-9(8)2)16(20)12-6-15(19)13(17)7-14(12)18/h4-7H,1-3H3. The maximum atomic E-state index is 13.8. The molecule has 0 aliphatic rings. The first-order chi connectivity index (χ1) is 9.31. The Morgan fingerprint density at radius 3 is 2.10 bits per heavy atom. The van der Waals surface area contributed by atoms with Crippen LogP contribution in [-0.2, 0) is 0 Å². The molecule has 4 heteroatoms. The molecule has 0 N–H and O–H groups in total. The molecule has 0 aromatic heterocycles. The fourth-order valence-corrected chi connectivity index (χ4v) is 2.20. The SMILES string of the molecule is Cc1cc(C)c(C(=O)c2cc(F)c(Cl)cc2F)cc1C. The lowest BCUT2D eigenvalue weighted by Crippen LogP contribution is -2.08. The number of aryl methyl sites for hydroxylation is 3. The second-order valence-electron chi connectivity index (χ2n) is 4.83. The molecular weight excluding hydrogens is 282 g/mol. The fraction of sp³-hybridized carbons (Fsp3) is 0.188. The van der Waals surface area contributed by atoms with E-state index in [4.69, 9.17) is 11.6 Å². The summed E-state index contributed by atoms with van der Waals surface area (Å²) in [5.74, 6) is -2.17. The van der Waals surface area contributed by atoms with E-state index < -0.39 is 17.4 Å². The van der Waals surface area contributed by atoms with Crippen molar-refractivity contribution in [2.75, 3.05) is 0 Å². The van der Waals surface area contributed by atoms with Crippen LogP contribution in [0.3, 0.4) is 0 Å². The highest BCUT2D eigenvalue weighted by Crippen LogP contribution is 2.24. The minimum absolute atomic E-state index is 0.307. The molecule has 0 radical (unpaired) electrons. The highest BCUT2D eigenvalue weighted by atomic mass is 35.5. The van der Waals surface area contributed by atoms with E-state index in [0.29, 0.717) is 5.56 Å². The fourth-order valence-electron chi connectivity index (χ4n) is 2.05. The zero-order valence-corrected chi connectivity index (χ0v) is 12.1. The summed E-state index contributed by atoms with van der Waals surface area (Å²) in [6, 6.07) is 5.21. The summed E-state index contributed by atoms with van der Waals surface area (Å²) in [6.45, 7) is 5.56. The van der Waals surface area contributed by atoms with Crippen LogP contribution in [0.15, 0.2) is 24.3 Å². The van der Waals surface area contributed by atoms with Gasteiger partial charge in [0.1, 0.15) is 11.6 Å². The van der Waals surface area contributed by atoms with Crippen LogP contribution >= 0.6 is 11.6 Å². The summed E-state index contributed by atoms with van der Waals surface area (Å²) in [5.41, 5.74) is 2.76. The van der Waals surface area contributed by atoms with Crippen molar-refractivity contribution in [1.29, 1.82) is 0 Å². The van der Waals surface area contributed by atoms with Crippen LogP contribution in [0.5, 0.6) is 0 Å². The molecule has 0 fully saturated rings. The molecule has 0 saturated carbocycles. The molecule has 104 valence electrons. The van der Waals surface area contributed by atoms with Gasteiger partial charge in [-0.15, -0.1) is 0 Å². The van der Waals surface area contributed by atoms with Gasteiger partial charge in [0.2, 0.25) is 0 Å². The third kappa shape index (κ3) is 2.59. The summed E-state index contributed by atoms with van der Waals surface area (Å²) < 4.78 is 27.2. The van der Waals surface area contributed by atoms with Crippen molar-refractivity contribution in [3.63, 3.8) is 0 Å². The van der Waals surface area contributed by atoms with Crippen LogP contribution in [0.1, 0.15) is 32.6 Å². The van der Waals surface area contributed by atoms with E-state index in [2.05, 4.69) is 0 Å². The van der Waals surface area contributed by atoms with E-state index >= 15 is 0 Å². The highest BCUT2D eigenvalue weighted by Gasteiger charge is 2.19. The Labute approximate surface area is 121 Å². The van der Waals surface area contributed by atoms with Crippen molar-refractivity contribution in [1.82, 2.24) is 0 Å². The number of hydrogen-bond donors (Lipinski definition) is 0. The molecule has 0 aliphatic carbocycles. The second kappa shape index (κ2) is 5.33. The van der Waals surface area contributed by atoms with Gasteiger partial charge in [0.05, 0.1) is 10.6 Å². The minimum atomic E-state index is -0.820. The first-order valence-corrected chi connectivity index (χ1v) is 6.46. The van der Waals surface area contributed by atoms with Gasteiger partial charge in [0.15, 0.2) is 5.78 Å². The van der Waals surface area contributed by atoms with Crippen LogP contribution in [0, 0.1) is 32.4 Å². The number of carbonyl (C=O) groups excluding carboxylic acids is 1. The van der Waals surface area contributed by atoms with Crippen LogP contribution in [0.4, 0.5) is 8.78 Å². The van der Waals surface area contributed by atoms with Crippen LogP contribution in [0.25, 0.3) is 0 Å². The average Bonchev–Trinajstić information content (AvgIpc) is 2.37. The van der Waals surface area contributed by atoms with E-state index in [1.165, 1.54) is 0 Å². The minimum Gasteiger partial charge on any atom is -0.288 e. The van der Waals surface area contributed by atoms with Gasteiger partial charge in [-0.05, 0) is 55.7 Å². The van der Waals surface area contributed by atoms with E-state index in [1.54, 1.807) is 13.0 Å². The Kier molecular flexibility index (Phi) is 3.91. The predicted octanol–water partition coefficient (Wildman–Crippen LogP) is 4.77. The molecule has 0 bridgehead atoms. The number of rotatable bonds is 2. The van der Waals surface area contributed by atoms with Gasteiger partial charge in [0, 0.05) is 5.56 Å². The number of hydrogen-bond acceptors (Lipinski definition) is 1. The lowest BCUT2D eigenvalue weighted by Gasteiger charge is -2.10. The zero-order valence-electron chi connectivity index (χ0n) is 11.4. The van der Waals surface area contributed by atoms with Crippen LogP contribution in [0.2, 0.25) is 5.02 Å². The molecule has 0 heterocycles. The Balaban J connectivity index is 2.57. The second-order valence-corrected chi connectivity index (χ2v) is 5.23. The molecule has 0 unspecified atom stereocenters. The Bertz CT molecular complexity index is 649. The number of halogens is 3. The number of ketones is 1. The molecule has 20 heavy (non-hydrogen) atoms. The molecule has 0 amide bonds. The third-order valence-corrected chi connectivity index (χ3v) is 3.63. The van der Waals surface area contributed by atoms with Crippen LogP contribution in [-0.4, -0.2) is 5.78 Å². The lowest BCUT2D eigenvalue weighted by molar-refractivity contribution is 0.103. The summed E-state index contributed by atoms with van der Waals surface area (Å²) in [4.78, 5) is 12.4. The smallest absolute Gasteiger partial charge is 0.196 e. The van der Waals surface area contributed by atoms with Gasteiger partial charge in [-0.25, -0.2) is 8.78 Å². The molecule has 0 spiro atoms. The van der Waals surface area contributed by atoms with Crippen molar-refractivity contribution < 1.29 is 13.6 Å². The third-order valence-electron chi connectivity index (χ3n) is 3.34. The van der Waals surface area contributed by atoms with E-state index in [9.17, 15) is 13.6 Å². The molecule has 2 aromatic rings. The average molecular weight is 295 g/mol. The lowest BCUT2D eigenvalue weighted by atomic mass is 9.94. The van der Waals surface area contributed by atoms with Gasteiger partial charge >= 0.3 is 0 Å². The monoisotopic (exact) mass is 294 g/mol. The maximum Gasteiger partial charge on any atom is 0.196 e. The zero-order chi connectivity index (χ0) is 15.0. The first kappa shape index (κ1) is 14.7. The Hall–Kier alpha value is -1.74. The van der Waals surface area contributed by atoms with Crippen molar-refractivity contribution in [2.24, 2.45) is 0 Å². The normalized spacial score (nSPS) is 10.7. The highest BCUT2D eigenvalue weighted by molar-refractivity contribution is 6.31. The Morgan fingerprint density at radius 2 is 1.45 bits per heavy atom. The van der Waals surface area contributed by atoms with E-state index in [1.807, 2.05) is 19.9 Å². The van der Waals surface area contributed by atoms with Gasteiger partial charge in [-0.3, -0.25) is 4.79 Å². The van der Waals surface area contributed by atoms with Crippen molar-refractivity contribution in [3.05, 3.63) is 68.7 Å². The van der Waals surface area contributed by atoms with E-state index in [-0.39, 0.29) is 10.6 Å². The quantitative estimate of drug-likeness (QED) is 0.576. The molecule has 1 nitrogen and oxygen atoms in total. The van der Waals surface area contributed by atoms with Gasteiger partial charge in [0.25, 0.3) is 0 Å². The predicted molar refractivity (Wildman–Crippen MR) is 75.5 cm³/mol. The Morgan fingerprint density at radius 1 is 0.850 bits per heavy atom. The van der Waals surface area contributed by atoms with Gasteiger partial charge in [-0.1, -0.05) is 17.7 Å². The van der Waals surface area contributed by atoms with Crippen molar-refractivity contribution in [3.8, 4) is 0 Å². The molecule has 0 saturated heterocycles.